The molecule has 4 nitrogen and oxygen atoms in total. The fourth-order valence-corrected chi connectivity index (χ4v) is 1.13. The molecule has 1 N–H and O–H groups in total. The summed E-state index contributed by atoms with van der Waals surface area (Å²) >= 11 is 0. The van der Waals surface area contributed by atoms with E-state index in [1.54, 1.807) is 33.8 Å². The van der Waals surface area contributed by atoms with Crippen molar-refractivity contribution < 1.29 is 14.3 Å². The van der Waals surface area contributed by atoms with E-state index in [0.717, 1.165) is 12.8 Å². The van der Waals surface area contributed by atoms with Gasteiger partial charge in [0.2, 0.25) is 0 Å². The average molecular weight is 241 g/mol. The van der Waals surface area contributed by atoms with Crippen LogP contribution in [0.25, 0.3) is 0 Å². The van der Waals surface area contributed by atoms with Crippen molar-refractivity contribution >= 4 is 12.4 Å². The molecule has 4 heteroatoms. The Bertz CT molecular complexity index is 292. The number of aldehydes is 1. The molecule has 1 amide bonds. The van der Waals surface area contributed by atoms with E-state index >= 15 is 0 Å². The minimum Gasteiger partial charge on any atom is -0.444 e. The molecule has 0 aliphatic rings. The second-order valence-electron chi connectivity index (χ2n) is 5.22. The molecule has 0 bridgehead atoms. The fraction of sp³-hybridized carbons (Fsp3) is 0.692. The van der Waals surface area contributed by atoms with Crippen LogP contribution in [0.5, 0.6) is 0 Å². The van der Waals surface area contributed by atoms with Crippen LogP contribution in [0.15, 0.2) is 12.2 Å². The minimum atomic E-state index is -1.00. The molecule has 1 unspecified atom stereocenters. The van der Waals surface area contributed by atoms with Crippen molar-refractivity contribution in [2.75, 3.05) is 0 Å². The molecule has 0 saturated carbocycles. The molecular formula is C13H23NO3. The Morgan fingerprint density at radius 1 is 1.29 bits per heavy atom. The van der Waals surface area contributed by atoms with E-state index in [0.29, 0.717) is 6.29 Å². The summed E-state index contributed by atoms with van der Waals surface area (Å²) < 4.78 is 5.10. The van der Waals surface area contributed by atoms with E-state index < -0.39 is 17.2 Å². The Kier molecular flexibility index (Phi) is 5.93. The van der Waals surface area contributed by atoms with E-state index in [2.05, 4.69) is 5.32 Å². The highest BCUT2D eigenvalue weighted by atomic mass is 16.6. The molecule has 0 rings (SSSR count). The Labute approximate surface area is 103 Å². The number of carbonyl (C=O) groups excluding carboxylic acids is 2. The van der Waals surface area contributed by atoms with E-state index in [-0.39, 0.29) is 0 Å². The van der Waals surface area contributed by atoms with Crippen molar-refractivity contribution in [2.24, 2.45) is 0 Å². The summed E-state index contributed by atoms with van der Waals surface area (Å²) in [5.74, 6) is 0. The summed E-state index contributed by atoms with van der Waals surface area (Å²) in [5.41, 5.74) is -1.57. The number of hydrogen-bond donors (Lipinski definition) is 1. The predicted octanol–water partition coefficient (Wildman–Crippen LogP) is 2.83. The van der Waals surface area contributed by atoms with Crippen molar-refractivity contribution in [2.45, 2.75) is 58.6 Å². The van der Waals surface area contributed by atoms with Crippen LogP contribution in [-0.2, 0) is 9.53 Å². The summed E-state index contributed by atoms with van der Waals surface area (Å²) in [6.07, 6.45) is 5.55. The van der Waals surface area contributed by atoms with Gasteiger partial charge in [-0.3, -0.25) is 0 Å². The largest absolute Gasteiger partial charge is 0.444 e. The highest BCUT2D eigenvalue weighted by Crippen LogP contribution is 2.10. The van der Waals surface area contributed by atoms with Crippen molar-refractivity contribution in [3.8, 4) is 0 Å². The number of hydrogen-bond acceptors (Lipinski definition) is 3. The van der Waals surface area contributed by atoms with Crippen molar-refractivity contribution in [1.82, 2.24) is 5.32 Å². The van der Waals surface area contributed by atoms with Crippen molar-refractivity contribution in [3.63, 3.8) is 0 Å². The van der Waals surface area contributed by atoms with E-state index in [1.807, 2.05) is 13.0 Å². The highest BCUT2D eigenvalue weighted by molar-refractivity contribution is 5.78. The van der Waals surface area contributed by atoms with Crippen LogP contribution in [0.3, 0.4) is 0 Å². The van der Waals surface area contributed by atoms with E-state index in [4.69, 9.17) is 4.74 Å². The van der Waals surface area contributed by atoms with Gasteiger partial charge in [-0.1, -0.05) is 25.5 Å². The molecule has 0 aromatic heterocycles. The lowest BCUT2D eigenvalue weighted by atomic mass is 10.0. The molecule has 98 valence electrons. The van der Waals surface area contributed by atoms with Crippen LogP contribution in [0.2, 0.25) is 0 Å². The minimum absolute atomic E-state index is 0.568. The molecule has 1 atom stereocenters. The van der Waals surface area contributed by atoms with Crippen LogP contribution < -0.4 is 5.32 Å². The maximum Gasteiger partial charge on any atom is 0.408 e. The van der Waals surface area contributed by atoms with Crippen LogP contribution in [0, 0.1) is 0 Å². The second kappa shape index (κ2) is 6.42. The van der Waals surface area contributed by atoms with Crippen molar-refractivity contribution in [1.29, 1.82) is 0 Å². The third-order valence-corrected chi connectivity index (χ3v) is 1.93. The van der Waals surface area contributed by atoms with Gasteiger partial charge in [0.25, 0.3) is 0 Å². The van der Waals surface area contributed by atoms with Gasteiger partial charge in [0.05, 0.1) is 0 Å². The number of amides is 1. The Hall–Kier alpha value is -1.32. The molecule has 0 fully saturated rings. The first-order chi connectivity index (χ1) is 7.72. The zero-order valence-electron chi connectivity index (χ0n) is 11.4. The maximum absolute atomic E-state index is 11.5. The van der Waals surface area contributed by atoms with E-state index in [1.165, 1.54) is 0 Å². The topological polar surface area (TPSA) is 55.4 Å². The third-order valence-electron chi connectivity index (χ3n) is 1.93. The van der Waals surface area contributed by atoms with Gasteiger partial charge in [-0.2, -0.15) is 0 Å². The maximum atomic E-state index is 11.5. The molecule has 0 heterocycles. The van der Waals surface area contributed by atoms with Gasteiger partial charge in [0.15, 0.2) is 0 Å². The van der Waals surface area contributed by atoms with Gasteiger partial charge in [-0.25, -0.2) is 4.79 Å². The molecule has 0 spiro atoms. The number of nitrogens with one attached hydrogen (secondary N) is 1. The van der Waals surface area contributed by atoms with E-state index in [9.17, 15) is 9.59 Å². The Morgan fingerprint density at radius 3 is 2.29 bits per heavy atom. The van der Waals surface area contributed by atoms with Crippen LogP contribution in [0.4, 0.5) is 4.79 Å². The summed E-state index contributed by atoms with van der Waals surface area (Å²) in [7, 11) is 0. The fourth-order valence-electron chi connectivity index (χ4n) is 1.13. The first-order valence-corrected chi connectivity index (χ1v) is 5.87. The average Bonchev–Trinajstić information content (AvgIpc) is 2.15. The number of allylic oxidation sites excluding steroid dienone is 1. The summed E-state index contributed by atoms with van der Waals surface area (Å²) in [5, 5.41) is 2.54. The number of unbranched alkanes of at least 4 members (excludes halogenated alkanes) is 1. The van der Waals surface area contributed by atoms with Gasteiger partial charge in [-0.05, 0) is 34.1 Å². The summed E-state index contributed by atoms with van der Waals surface area (Å²) in [4.78, 5) is 22.5. The molecule has 0 aliphatic heterocycles. The summed E-state index contributed by atoms with van der Waals surface area (Å²) in [6.45, 7) is 9.01. The van der Waals surface area contributed by atoms with Crippen LogP contribution >= 0.6 is 0 Å². The highest BCUT2D eigenvalue weighted by Gasteiger charge is 2.25. The molecule has 0 aromatic rings. The zero-order chi connectivity index (χ0) is 13.5. The van der Waals surface area contributed by atoms with Gasteiger partial charge in [0, 0.05) is 0 Å². The van der Waals surface area contributed by atoms with Gasteiger partial charge in [0.1, 0.15) is 17.4 Å². The number of alkyl carbamates (subject to hydrolysis) is 1. The second-order valence-corrected chi connectivity index (χ2v) is 5.22. The van der Waals surface area contributed by atoms with Crippen molar-refractivity contribution in [3.05, 3.63) is 12.2 Å². The monoisotopic (exact) mass is 241 g/mol. The normalized spacial score (nSPS) is 15.4. The Morgan fingerprint density at radius 2 is 1.88 bits per heavy atom. The molecule has 0 aliphatic carbocycles. The van der Waals surface area contributed by atoms with Gasteiger partial charge < -0.3 is 14.8 Å². The molecule has 17 heavy (non-hydrogen) atoms. The quantitative estimate of drug-likeness (QED) is 0.595. The molecule has 0 saturated heterocycles. The number of ether oxygens (including phenoxy) is 1. The lowest BCUT2D eigenvalue weighted by Crippen LogP contribution is -2.47. The molecule has 0 radical (unpaired) electrons. The SMILES string of the molecule is CCC/C=C/C(C)(C=O)NC(=O)OC(C)(C)C. The Balaban J connectivity index is 4.47. The number of carbonyl (C=O) groups is 2. The smallest absolute Gasteiger partial charge is 0.408 e. The molecular weight excluding hydrogens is 218 g/mol. The van der Waals surface area contributed by atoms with Crippen LogP contribution in [-0.4, -0.2) is 23.5 Å². The lowest BCUT2D eigenvalue weighted by molar-refractivity contribution is -0.111. The van der Waals surface area contributed by atoms with Gasteiger partial charge in [-0.15, -0.1) is 0 Å². The predicted molar refractivity (Wildman–Crippen MR) is 67.9 cm³/mol. The lowest BCUT2D eigenvalue weighted by Gasteiger charge is -2.25. The third kappa shape index (κ3) is 7.55. The molecule has 0 aromatic carbocycles. The number of rotatable bonds is 5. The first-order valence-electron chi connectivity index (χ1n) is 5.87. The van der Waals surface area contributed by atoms with Gasteiger partial charge >= 0.3 is 6.09 Å². The summed E-state index contributed by atoms with van der Waals surface area (Å²) in [6, 6.07) is 0. The zero-order valence-corrected chi connectivity index (χ0v) is 11.4. The first kappa shape index (κ1) is 15.7. The standard InChI is InChI=1S/C13H23NO3/c1-6-7-8-9-13(5,10-15)14-11(16)17-12(2,3)4/h8-10H,6-7H2,1-5H3,(H,14,16)/b9-8+. The van der Waals surface area contributed by atoms with Crippen LogP contribution in [0.1, 0.15) is 47.5 Å².